The molecule has 3 rings (SSSR count). The Morgan fingerprint density at radius 2 is 1.73 bits per heavy atom. The molecule has 3 N–H and O–H groups in total. The number of hydrogen-bond acceptors (Lipinski definition) is 9. The molecule has 33 heavy (non-hydrogen) atoms. The number of benzene rings is 3. The van der Waals surface area contributed by atoms with Gasteiger partial charge in [-0.05, 0) is 30.3 Å². The molecule has 3 aromatic rings. The summed E-state index contributed by atoms with van der Waals surface area (Å²) in [6.45, 7) is -0.275. The Bertz CT molecular complexity index is 1250. The molecule has 0 heterocycles. The summed E-state index contributed by atoms with van der Waals surface area (Å²) in [6, 6.07) is 16.4. The summed E-state index contributed by atoms with van der Waals surface area (Å²) in [5, 5.41) is 26.5. The Hall–Kier alpha value is -4.32. The monoisotopic (exact) mass is 513 g/mol. The molecule has 3 aromatic carbocycles. The number of nitrogen functional groups attached to an aromatic ring is 1. The number of non-ortho nitro benzene ring substituents is 1. The van der Waals surface area contributed by atoms with Gasteiger partial charge in [0.1, 0.15) is 18.0 Å². The second kappa shape index (κ2) is 10.3. The van der Waals surface area contributed by atoms with Crippen LogP contribution in [0.1, 0.15) is 15.9 Å². The third kappa shape index (κ3) is 5.89. The minimum absolute atomic E-state index is 0.0705. The van der Waals surface area contributed by atoms with Crippen LogP contribution in [0.2, 0.25) is 0 Å². The fourth-order valence-corrected chi connectivity index (χ4v) is 2.99. The molecule has 0 bridgehead atoms. The molecule has 0 aliphatic rings. The molecule has 0 fully saturated rings. The zero-order valence-corrected chi connectivity index (χ0v) is 18.4. The van der Waals surface area contributed by atoms with Crippen molar-refractivity contribution >= 4 is 50.4 Å². The molecular weight excluding hydrogens is 498 g/mol. The Labute approximate surface area is 195 Å². The first kappa shape index (κ1) is 23.3. The lowest BCUT2D eigenvalue weighted by Gasteiger charge is -2.11. The van der Waals surface area contributed by atoms with Crippen LogP contribution in [0.3, 0.4) is 0 Å². The Balaban J connectivity index is 1.89. The third-order valence-corrected chi connectivity index (χ3v) is 4.93. The first-order valence-corrected chi connectivity index (χ1v) is 10.1. The highest BCUT2D eigenvalue weighted by Crippen LogP contribution is 2.29. The van der Waals surface area contributed by atoms with Gasteiger partial charge in [-0.2, -0.15) is 5.10 Å². The summed E-state index contributed by atoms with van der Waals surface area (Å²) in [5.74, 6) is -0.667. The quantitative estimate of drug-likeness (QED) is 0.146. The molecule has 0 spiro atoms. The van der Waals surface area contributed by atoms with Crippen LogP contribution in [-0.2, 0) is 4.74 Å². The van der Waals surface area contributed by atoms with Gasteiger partial charge in [0, 0.05) is 21.8 Å². The van der Waals surface area contributed by atoms with Crippen LogP contribution in [0.15, 0.2) is 76.3 Å². The van der Waals surface area contributed by atoms with Gasteiger partial charge in [-0.25, -0.2) is 4.79 Å². The van der Waals surface area contributed by atoms with E-state index < -0.39 is 27.2 Å². The summed E-state index contributed by atoms with van der Waals surface area (Å²) in [5.41, 5.74) is 8.58. The van der Waals surface area contributed by atoms with E-state index in [1.54, 1.807) is 42.5 Å². The Kier molecular flexibility index (Phi) is 7.31. The van der Waals surface area contributed by atoms with Gasteiger partial charge in [-0.3, -0.25) is 25.7 Å². The number of nitrogens with zero attached hydrogens (tertiary/aromatic N) is 3. The van der Waals surface area contributed by atoms with Crippen LogP contribution in [0.25, 0.3) is 0 Å². The molecule has 168 valence electrons. The predicted molar refractivity (Wildman–Crippen MR) is 125 cm³/mol. The van der Waals surface area contributed by atoms with E-state index in [-0.39, 0.29) is 29.3 Å². The van der Waals surface area contributed by atoms with Gasteiger partial charge in [0.25, 0.3) is 5.69 Å². The molecule has 0 aliphatic carbocycles. The molecule has 0 saturated carbocycles. The minimum atomic E-state index is -0.762. The van der Waals surface area contributed by atoms with Gasteiger partial charge in [0.15, 0.2) is 0 Å². The van der Waals surface area contributed by atoms with Gasteiger partial charge in [0.2, 0.25) is 0 Å². The van der Waals surface area contributed by atoms with Crippen LogP contribution in [0.5, 0.6) is 0 Å². The minimum Gasteiger partial charge on any atom is -0.455 e. The normalized spacial score (nSPS) is 11.0. The molecule has 0 aliphatic heterocycles. The summed E-state index contributed by atoms with van der Waals surface area (Å²) >= 11 is 3.33. The van der Waals surface area contributed by atoms with Gasteiger partial charge < -0.3 is 10.5 Å². The van der Waals surface area contributed by atoms with Crippen molar-refractivity contribution in [2.75, 3.05) is 17.8 Å². The smallest absolute Gasteiger partial charge is 0.340 e. The van der Waals surface area contributed by atoms with Crippen molar-refractivity contribution in [3.8, 4) is 0 Å². The summed E-state index contributed by atoms with van der Waals surface area (Å²) < 4.78 is 6.15. The summed E-state index contributed by atoms with van der Waals surface area (Å²) in [6.07, 6.45) is 0. The van der Waals surface area contributed by atoms with Crippen molar-refractivity contribution in [3.63, 3.8) is 0 Å². The Morgan fingerprint density at radius 3 is 2.36 bits per heavy atom. The highest BCUT2D eigenvalue weighted by molar-refractivity contribution is 9.10. The number of para-hydroxylation sites is 1. The SMILES string of the molecule is Nc1ccccc1C(=O)OC/C(=N\Nc1ccc([N+](=O)[O-])cc1[N+](=O)[O-])c1ccc(Br)cc1. The largest absolute Gasteiger partial charge is 0.455 e. The van der Waals surface area contributed by atoms with Crippen molar-refractivity contribution in [3.05, 3.63) is 103 Å². The van der Waals surface area contributed by atoms with Gasteiger partial charge in [-0.15, -0.1) is 0 Å². The van der Waals surface area contributed by atoms with Crippen molar-refractivity contribution in [2.45, 2.75) is 0 Å². The Morgan fingerprint density at radius 1 is 1.03 bits per heavy atom. The molecule has 0 amide bonds. The molecule has 11 nitrogen and oxygen atoms in total. The van der Waals surface area contributed by atoms with E-state index in [4.69, 9.17) is 10.5 Å². The lowest BCUT2D eigenvalue weighted by atomic mass is 10.1. The number of hydrogen-bond donors (Lipinski definition) is 2. The summed E-state index contributed by atoms with van der Waals surface area (Å²) in [7, 11) is 0. The van der Waals surface area contributed by atoms with Gasteiger partial charge in [-0.1, -0.05) is 40.2 Å². The van der Waals surface area contributed by atoms with E-state index in [0.717, 1.165) is 16.6 Å². The zero-order valence-electron chi connectivity index (χ0n) is 16.8. The number of nitro benzene ring substituents is 2. The number of nitro groups is 2. The van der Waals surface area contributed by atoms with Crippen LogP contribution in [-0.4, -0.2) is 28.1 Å². The summed E-state index contributed by atoms with van der Waals surface area (Å²) in [4.78, 5) is 33.2. The standard InChI is InChI=1S/C21H16BrN5O6/c22-14-7-5-13(6-8-14)19(12-33-21(28)16-3-1-2-4-17(16)23)25-24-18-10-9-15(26(29)30)11-20(18)27(31)32/h1-11,24H,12,23H2/b25-19+. The van der Waals surface area contributed by atoms with Crippen molar-refractivity contribution in [2.24, 2.45) is 5.10 Å². The average Bonchev–Trinajstić information content (AvgIpc) is 2.79. The van der Waals surface area contributed by atoms with E-state index in [9.17, 15) is 25.0 Å². The second-order valence-electron chi connectivity index (χ2n) is 6.56. The zero-order chi connectivity index (χ0) is 24.0. The number of nitrogens with one attached hydrogen (secondary N) is 1. The van der Waals surface area contributed by atoms with Crippen LogP contribution >= 0.6 is 15.9 Å². The van der Waals surface area contributed by atoms with Crippen LogP contribution < -0.4 is 11.2 Å². The van der Waals surface area contributed by atoms with E-state index >= 15 is 0 Å². The molecule has 12 heteroatoms. The lowest BCUT2D eigenvalue weighted by Crippen LogP contribution is -2.17. The predicted octanol–water partition coefficient (Wildman–Crippen LogP) is 4.52. The maximum Gasteiger partial charge on any atom is 0.340 e. The van der Waals surface area contributed by atoms with Crippen molar-refractivity contribution in [1.82, 2.24) is 0 Å². The number of anilines is 2. The van der Waals surface area contributed by atoms with Crippen LogP contribution in [0.4, 0.5) is 22.7 Å². The van der Waals surface area contributed by atoms with E-state index in [2.05, 4.69) is 26.5 Å². The van der Waals surface area contributed by atoms with Gasteiger partial charge >= 0.3 is 11.7 Å². The van der Waals surface area contributed by atoms with E-state index in [1.807, 2.05) is 0 Å². The molecule has 0 atom stereocenters. The topological polar surface area (TPSA) is 163 Å². The van der Waals surface area contributed by atoms with Crippen molar-refractivity contribution < 1.29 is 19.4 Å². The molecule has 0 saturated heterocycles. The fourth-order valence-electron chi connectivity index (χ4n) is 2.72. The number of halogens is 1. The molecule has 0 radical (unpaired) electrons. The lowest BCUT2D eigenvalue weighted by molar-refractivity contribution is -0.393. The number of ether oxygens (including phenoxy) is 1. The maximum atomic E-state index is 12.4. The molecule has 0 aromatic heterocycles. The fraction of sp³-hybridized carbons (Fsp3) is 0.0476. The van der Waals surface area contributed by atoms with Crippen LogP contribution in [0, 0.1) is 20.2 Å². The highest BCUT2D eigenvalue weighted by Gasteiger charge is 2.20. The maximum absolute atomic E-state index is 12.4. The number of rotatable bonds is 8. The second-order valence-corrected chi connectivity index (χ2v) is 7.47. The average molecular weight is 514 g/mol. The number of hydrazone groups is 1. The van der Waals surface area contributed by atoms with Crippen molar-refractivity contribution in [1.29, 1.82) is 0 Å². The van der Waals surface area contributed by atoms with Gasteiger partial charge in [0.05, 0.1) is 21.5 Å². The van der Waals surface area contributed by atoms with E-state index in [1.165, 1.54) is 12.1 Å². The van der Waals surface area contributed by atoms with E-state index in [0.29, 0.717) is 5.56 Å². The molecular formula is C21H16BrN5O6. The molecule has 0 unspecified atom stereocenters. The number of carbonyl (C=O) groups excluding carboxylic acids is 1. The highest BCUT2D eigenvalue weighted by atomic mass is 79.9. The first-order chi connectivity index (χ1) is 15.8. The number of nitrogens with two attached hydrogens (primary N) is 1. The number of esters is 1. The third-order valence-electron chi connectivity index (χ3n) is 4.40. The first-order valence-electron chi connectivity index (χ1n) is 9.29. The number of carbonyl (C=O) groups is 1.